The summed E-state index contributed by atoms with van der Waals surface area (Å²) in [6.45, 7) is 4.04. The molecule has 0 heterocycles. The number of benzene rings is 2. The molecule has 2 aromatic rings. The maximum absolute atomic E-state index is 14.3. The Labute approximate surface area is 182 Å². The highest BCUT2D eigenvalue weighted by Gasteiger charge is 2.24. The zero-order valence-electron chi connectivity index (χ0n) is 17.3. The largest absolute Gasteiger partial charge is 0.481 e. The number of hydrogen-bond acceptors (Lipinski definition) is 3. The number of halogens is 3. The fourth-order valence-electron chi connectivity index (χ4n) is 3.37. The third kappa shape index (κ3) is 8.01. The van der Waals surface area contributed by atoms with Crippen molar-refractivity contribution in [1.82, 2.24) is 5.32 Å². The number of β-amino-alcohol motifs (C(OH)–C–C–N with tert-alkyl or cyclic N) is 1. The van der Waals surface area contributed by atoms with Crippen LogP contribution >= 0.6 is 12.4 Å². The lowest BCUT2D eigenvalue weighted by atomic mass is 9.93. The van der Waals surface area contributed by atoms with Gasteiger partial charge in [0.2, 0.25) is 0 Å². The molecule has 0 fully saturated rings. The Kier molecular flexibility index (Phi) is 10.4. The molecular formula is C23H30ClF2NO3. The molecule has 0 saturated carbocycles. The van der Waals surface area contributed by atoms with E-state index in [-0.39, 0.29) is 42.9 Å². The van der Waals surface area contributed by atoms with Crippen LogP contribution in [0.4, 0.5) is 8.78 Å². The molecule has 0 aliphatic rings. The summed E-state index contributed by atoms with van der Waals surface area (Å²) in [5.41, 5.74) is 1.09. The summed E-state index contributed by atoms with van der Waals surface area (Å²) in [6, 6.07) is 12.4. The van der Waals surface area contributed by atoms with Gasteiger partial charge in [-0.1, -0.05) is 36.4 Å². The standard InChI is InChI=1S/C23H29F2NO3.ClH/c1-23(2,14-6-9-16-7-4-3-5-8-16)26-15-19(27)21-17(11-13-20(28)29)10-12-18(24)22(21)25;/h3-5,7-8,10,12,19,26-27H,6,9,11,13-15H2,1-2H3,(H,28,29);1H/t19-;/m1./s1. The van der Waals surface area contributed by atoms with Gasteiger partial charge < -0.3 is 15.5 Å². The van der Waals surface area contributed by atoms with Crippen LogP contribution in [0.15, 0.2) is 42.5 Å². The zero-order chi connectivity index (χ0) is 21.4. The lowest BCUT2D eigenvalue weighted by molar-refractivity contribution is -0.136. The Hall–Kier alpha value is -2.02. The van der Waals surface area contributed by atoms with Crippen molar-refractivity contribution in [2.45, 2.75) is 57.6 Å². The minimum Gasteiger partial charge on any atom is -0.481 e. The molecule has 3 N–H and O–H groups in total. The first-order valence-electron chi connectivity index (χ1n) is 9.85. The normalized spacial score (nSPS) is 12.3. The van der Waals surface area contributed by atoms with E-state index in [1.807, 2.05) is 32.0 Å². The van der Waals surface area contributed by atoms with E-state index < -0.39 is 23.7 Å². The number of aryl methyl sites for hydroxylation is 2. The molecule has 0 aliphatic carbocycles. The van der Waals surface area contributed by atoms with Gasteiger partial charge in [-0.2, -0.15) is 0 Å². The van der Waals surface area contributed by atoms with Gasteiger partial charge in [-0.25, -0.2) is 8.78 Å². The number of aliphatic hydroxyl groups excluding tert-OH is 1. The quantitative estimate of drug-likeness (QED) is 0.467. The van der Waals surface area contributed by atoms with Crippen molar-refractivity contribution >= 4 is 18.4 Å². The van der Waals surface area contributed by atoms with E-state index in [0.29, 0.717) is 5.56 Å². The van der Waals surface area contributed by atoms with Crippen LogP contribution in [0.5, 0.6) is 0 Å². The number of carboxylic acids is 1. The molecule has 0 bridgehead atoms. The minimum atomic E-state index is -1.28. The summed E-state index contributed by atoms with van der Waals surface area (Å²) in [6.07, 6.45) is 1.25. The van der Waals surface area contributed by atoms with Crippen LogP contribution in [-0.2, 0) is 17.6 Å². The molecule has 166 valence electrons. The lowest BCUT2D eigenvalue weighted by Crippen LogP contribution is -2.41. The van der Waals surface area contributed by atoms with Crippen LogP contribution in [0.25, 0.3) is 0 Å². The minimum absolute atomic E-state index is 0. The van der Waals surface area contributed by atoms with Gasteiger partial charge in [0.05, 0.1) is 6.10 Å². The predicted octanol–water partition coefficient (Wildman–Crippen LogP) is 4.83. The molecule has 2 rings (SSSR count). The maximum atomic E-state index is 14.3. The van der Waals surface area contributed by atoms with Gasteiger partial charge in [0.1, 0.15) is 0 Å². The van der Waals surface area contributed by atoms with Crippen molar-refractivity contribution in [3.63, 3.8) is 0 Å². The number of aliphatic carboxylic acids is 1. The van der Waals surface area contributed by atoms with Gasteiger partial charge in [0.15, 0.2) is 11.6 Å². The van der Waals surface area contributed by atoms with E-state index in [9.17, 15) is 18.7 Å². The average Bonchev–Trinajstić information content (AvgIpc) is 2.67. The molecule has 0 spiro atoms. The molecule has 0 aliphatic heterocycles. The lowest BCUT2D eigenvalue weighted by Gasteiger charge is -2.28. The third-order valence-corrected chi connectivity index (χ3v) is 5.05. The van der Waals surface area contributed by atoms with Crippen molar-refractivity contribution in [2.24, 2.45) is 0 Å². The second-order valence-corrected chi connectivity index (χ2v) is 7.95. The molecule has 0 aromatic heterocycles. The first kappa shape index (κ1) is 26.0. The van der Waals surface area contributed by atoms with Gasteiger partial charge in [-0.3, -0.25) is 4.79 Å². The molecule has 0 unspecified atom stereocenters. The molecule has 4 nitrogen and oxygen atoms in total. The van der Waals surface area contributed by atoms with Crippen LogP contribution in [-0.4, -0.2) is 28.3 Å². The molecular weight excluding hydrogens is 412 g/mol. The number of rotatable bonds is 11. The molecule has 0 amide bonds. The van der Waals surface area contributed by atoms with E-state index in [2.05, 4.69) is 17.4 Å². The van der Waals surface area contributed by atoms with Crippen molar-refractivity contribution in [3.8, 4) is 0 Å². The van der Waals surface area contributed by atoms with Crippen molar-refractivity contribution in [1.29, 1.82) is 0 Å². The monoisotopic (exact) mass is 441 g/mol. The molecule has 7 heteroatoms. The first-order valence-corrected chi connectivity index (χ1v) is 9.85. The third-order valence-electron chi connectivity index (χ3n) is 5.05. The van der Waals surface area contributed by atoms with Crippen LogP contribution in [0, 0.1) is 11.6 Å². The Morgan fingerprint density at radius 3 is 2.40 bits per heavy atom. The van der Waals surface area contributed by atoms with E-state index in [1.54, 1.807) is 0 Å². The highest BCUT2D eigenvalue weighted by molar-refractivity contribution is 5.85. The highest BCUT2D eigenvalue weighted by Crippen LogP contribution is 2.26. The number of carbonyl (C=O) groups is 1. The second kappa shape index (κ2) is 12.0. The van der Waals surface area contributed by atoms with Crippen LogP contribution in [0.3, 0.4) is 0 Å². The number of carboxylic acid groups (broad SMARTS) is 1. The summed E-state index contributed by atoms with van der Waals surface area (Å²) < 4.78 is 28.0. The van der Waals surface area contributed by atoms with Crippen molar-refractivity contribution < 1.29 is 23.8 Å². The van der Waals surface area contributed by atoms with E-state index in [0.717, 1.165) is 25.3 Å². The van der Waals surface area contributed by atoms with Crippen LogP contribution < -0.4 is 5.32 Å². The van der Waals surface area contributed by atoms with Gasteiger partial charge in [0, 0.05) is 24.1 Å². The topological polar surface area (TPSA) is 69.6 Å². The summed E-state index contributed by atoms with van der Waals surface area (Å²) in [4.78, 5) is 10.8. The van der Waals surface area contributed by atoms with Gasteiger partial charge >= 0.3 is 5.97 Å². The van der Waals surface area contributed by atoms with Gasteiger partial charge in [-0.05, 0) is 56.7 Å². The SMILES string of the molecule is CC(C)(CCCc1ccccc1)NC[C@@H](O)c1c(CCC(=O)O)ccc(F)c1F.Cl. The Morgan fingerprint density at radius 2 is 1.77 bits per heavy atom. The van der Waals surface area contributed by atoms with E-state index in [4.69, 9.17) is 5.11 Å². The number of nitrogens with one attached hydrogen (secondary N) is 1. The molecule has 0 saturated heterocycles. The fraction of sp³-hybridized carbons (Fsp3) is 0.435. The van der Waals surface area contributed by atoms with E-state index >= 15 is 0 Å². The predicted molar refractivity (Wildman–Crippen MR) is 116 cm³/mol. The van der Waals surface area contributed by atoms with E-state index in [1.165, 1.54) is 11.6 Å². The first-order chi connectivity index (χ1) is 13.7. The Morgan fingerprint density at radius 1 is 1.10 bits per heavy atom. The Bertz CT molecular complexity index is 816. The summed E-state index contributed by atoms with van der Waals surface area (Å²) >= 11 is 0. The van der Waals surface area contributed by atoms with Crippen LogP contribution in [0.1, 0.15) is 55.9 Å². The summed E-state index contributed by atoms with van der Waals surface area (Å²) in [7, 11) is 0. The zero-order valence-corrected chi connectivity index (χ0v) is 18.1. The Balaban J connectivity index is 0.00000450. The summed E-state index contributed by atoms with van der Waals surface area (Å²) in [5, 5.41) is 22.6. The second-order valence-electron chi connectivity index (χ2n) is 7.95. The smallest absolute Gasteiger partial charge is 0.303 e. The number of hydrogen-bond donors (Lipinski definition) is 3. The fourth-order valence-corrected chi connectivity index (χ4v) is 3.37. The molecule has 1 atom stereocenters. The molecule has 30 heavy (non-hydrogen) atoms. The highest BCUT2D eigenvalue weighted by atomic mass is 35.5. The molecule has 2 aromatic carbocycles. The maximum Gasteiger partial charge on any atom is 0.303 e. The van der Waals surface area contributed by atoms with Gasteiger partial charge in [0.25, 0.3) is 0 Å². The van der Waals surface area contributed by atoms with Crippen molar-refractivity contribution in [3.05, 3.63) is 70.8 Å². The molecule has 0 radical (unpaired) electrons. The van der Waals surface area contributed by atoms with Crippen LogP contribution in [0.2, 0.25) is 0 Å². The average molecular weight is 442 g/mol. The summed E-state index contributed by atoms with van der Waals surface area (Å²) in [5.74, 6) is -3.21. The van der Waals surface area contributed by atoms with Gasteiger partial charge in [-0.15, -0.1) is 12.4 Å². The number of aliphatic hydroxyl groups is 1. The van der Waals surface area contributed by atoms with Crippen molar-refractivity contribution in [2.75, 3.05) is 6.54 Å².